The van der Waals surface area contributed by atoms with E-state index >= 15 is 0 Å². The zero-order valence-electron chi connectivity index (χ0n) is 18.8. The molecule has 0 aromatic heterocycles. The Kier molecular flexibility index (Phi) is 11.2. The Hall–Kier alpha value is -1.50. The molecule has 1 nitrogen and oxygen atoms in total. The molecule has 0 heterocycles. The predicted octanol–water partition coefficient (Wildman–Crippen LogP) is 8.40. The summed E-state index contributed by atoms with van der Waals surface area (Å²) in [7, 11) is 1.76. The maximum atomic E-state index is 5.72. The molecule has 0 spiro atoms. The minimum Gasteiger partial charge on any atom is -0.496 e. The van der Waals surface area contributed by atoms with Gasteiger partial charge in [-0.1, -0.05) is 94.7 Å². The maximum absolute atomic E-state index is 5.72. The normalized spacial score (nSPS) is 15.9. The molecule has 1 aromatic rings. The van der Waals surface area contributed by atoms with E-state index in [9.17, 15) is 0 Å². The van der Waals surface area contributed by atoms with E-state index in [4.69, 9.17) is 4.74 Å². The topological polar surface area (TPSA) is 9.23 Å². The molecule has 1 saturated carbocycles. The second-order valence-corrected chi connectivity index (χ2v) is 8.12. The van der Waals surface area contributed by atoms with E-state index in [1.807, 2.05) is 6.92 Å². The number of methoxy groups -OCH3 is 1. The van der Waals surface area contributed by atoms with Crippen molar-refractivity contribution in [1.82, 2.24) is 0 Å². The van der Waals surface area contributed by atoms with Gasteiger partial charge in [0, 0.05) is 5.57 Å². The molecule has 1 aliphatic carbocycles. The predicted molar refractivity (Wildman–Crippen MR) is 121 cm³/mol. The molecule has 1 heteroatoms. The highest BCUT2D eigenvalue weighted by Crippen LogP contribution is 2.35. The molecular formula is C26H42O. The van der Waals surface area contributed by atoms with Crippen molar-refractivity contribution in [3.05, 3.63) is 52.8 Å². The minimum absolute atomic E-state index is 0.517. The average Bonchev–Trinajstić information content (AvgIpc) is 2.65. The second kappa shape index (κ2) is 12.8. The number of rotatable bonds is 7. The van der Waals surface area contributed by atoms with Gasteiger partial charge in [0.15, 0.2) is 0 Å². The summed E-state index contributed by atoms with van der Waals surface area (Å²) in [5.41, 5.74) is 6.20. The molecule has 0 saturated heterocycles. The van der Waals surface area contributed by atoms with Gasteiger partial charge >= 0.3 is 0 Å². The van der Waals surface area contributed by atoms with Gasteiger partial charge in [-0.3, -0.25) is 0 Å². The smallest absolute Gasteiger partial charge is 0.125 e. The standard InChI is InChI=1S/C20H30O.C6H12/c1-8-10-17(9-2)19(20(21-7)14(3)4)18-12-15(5)11-16(6)13-18;1-2-4-6-5-3-1/h11-13,17H,3,8-10H2,1-2,4-7H3;1-6H2/b20-19-;. The lowest BCUT2D eigenvalue weighted by atomic mass is 9.84. The molecule has 152 valence electrons. The van der Waals surface area contributed by atoms with E-state index in [1.165, 1.54) is 73.6 Å². The van der Waals surface area contributed by atoms with Crippen LogP contribution in [0.5, 0.6) is 0 Å². The summed E-state index contributed by atoms with van der Waals surface area (Å²) < 4.78 is 5.72. The van der Waals surface area contributed by atoms with Crippen LogP contribution in [0, 0.1) is 19.8 Å². The third-order valence-corrected chi connectivity index (χ3v) is 5.41. The Morgan fingerprint density at radius 2 is 1.44 bits per heavy atom. The number of allylic oxidation sites excluding steroid dienone is 2. The molecule has 0 amide bonds. The van der Waals surface area contributed by atoms with Crippen molar-refractivity contribution in [2.24, 2.45) is 5.92 Å². The van der Waals surface area contributed by atoms with Gasteiger partial charge in [0.25, 0.3) is 0 Å². The van der Waals surface area contributed by atoms with Crippen molar-refractivity contribution < 1.29 is 4.74 Å². The van der Waals surface area contributed by atoms with Crippen molar-refractivity contribution in [2.45, 2.75) is 92.4 Å². The third kappa shape index (κ3) is 7.95. The quantitative estimate of drug-likeness (QED) is 0.346. The lowest BCUT2D eigenvalue weighted by Crippen LogP contribution is -2.08. The first kappa shape index (κ1) is 23.5. The Bertz CT molecular complexity index is 573. The Balaban J connectivity index is 0.000000511. The molecule has 2 rings (SSSR count). The van der Waals surface area contributed by atoms with Gasteiger partial charge in [-0.05, 0) is 50.7 Å². The molecule has 1 aliphatic rings. The first-order valence-corrected chi connectivity index (χ1v) is 11.0. The van der Waals surface area contributed by atoms with E-state index in [1.54, 1.807) is 7.11 Å². The molecule has 0 bridgehead atoms. The average molecular weight is 371 g/mol. The summed E-state index contributed by atoms with van der Waals surface area (Å²) in [6, 6.07) is 6.75. The fourth-order valence-corrected chi connectivity index (χ4v) is 4.16. The molecule has 1 atom stereocenters. The second-order valence-electron chi connectivity index (χ2n) is 8.12. The van der Waals surface area contributed by atoms with Crippen LogP contribution in [0.4, 0.5) is 0 Å². The molecule has 0 radical (unpaired) electrons. The van der Waals surface area contributed by atoms with Crippen molar-refractivity contribution in [2.75, 3.05) is 7.11 Å². The van der Waals surface area contributed by atoms with Crippen LogP contribution in [0.2, 0.25) is 0 Å². The first-order valence-electron chi connectivity index (χ1n) is 11.0. The van der Waals surface area contributed by atoms with Crippen molar-refractivity contribution >= 4 is 5.57 Å². The van der Waals surface area contributed by atoms with Gasteiger partial charge in [0.05, 0.1) is 7.11 Å². The van der Waals surface area contributed by atoms with E-state index in [0.717, 1.165) is 17.8 Å². The van der Waals surface area contributed by atoms with Crippen LogP contribution in [-0.2, 0) is 4.74 Å². The third-order valence-electron chi connectivity index (χ3n) is 5.41. The highest BCUT2D eigenvalue weighted by Gasteiger charge is 2.20. The van der Waals surface area contributed by atoms with Crippen LogP contribution in [0.1, 0.15) is 95.2 Å². The first-order chi connectivity index (χ1) is 12.9. The lowest BCUT2D eigenvalue weighted by molar-refractivity contribution is 0.299. The van der Waals surface area contributed by atoms with E-state index in [0.29, 0.717) is 5.92 Å². The van der Waals surface area contributed by atoms with Crippen LogP contribution < -0.4 is 0 Å². The fraction of sp³-hybridized carbons (Fsp3) is 0.615. The molecule has 1 aromatic carbocycles. The lowest BCUT2D eigenvalue weighted by Gasteiger charge is -2.23. The fourth-order valence-electron chi connectivity index (χ4n) is 4.16. The maximum Gasteiger partial charge on any atom is 0.125 e. The van der Waals surface area contributed by atoms with Crippen LogP contribution >= 0.6 is 0 Å². The van der Waals surface area contributed by atoms with Gasteiger partial charge in [0.1, 0.15) is 5.76 Å². The largest absolute Gasteiger partial charge is 0.496 e. The van der Waals surface area contributed by atoms with Gasteiger partial charge in [0.2, 0.25) is 0 Å². The molecule has 0 aliphatic heterocycles. The van der Waals surface area contributed by atoms with Crippen LogP contribution in [0.3, 0.4) is 0 Å². The summed E-state index contributed by atoms with van der Waals surface area (Å²) in [6.45, 7) is 15.0. The van der Waals surface area contributed by atoms with Crippen molar-refractivity contribution in [3.8, 4) is 0 Å². The van der Waals surface area contributed by atoms with Crippen LogP contribution in [0.15, 0.2) is 36.1 Å². The summed E-state index contributed by atoms with van der Waals surface area (Å²) in [5.74, 6) is 1.48. The summed E-state index contributed by atoms with van der Waals surface area (Å²) >= 11 is 0. The van der Waals surface area contributed by atoms with Crippen molar-refractivity contribution in [1.29, 1.82) is 0 Å². The molecule has 0 N–H and O–H groups in total. The van der Waals surface area contributed by atoms with E-state index in [2.05, 4.69) is 52.5 Å². The minimum atomic E-state index is 0.517. The Morgan fingerprint density at radius 1 is 0.963 bits per heavy atom. The molecular weight excluding hydrogens is 328 g/mol. The van der Waals surface area contributed by atoms with Crippen molar-refractivity contribution in [3.63, 3.8) is 0 Å². The van der Waals surface area contributed by atoms with Gasteiger partial charge < -0.3 is 4.74 Å². The number of hydrogen-bond donors (Lipinski definition) is 0. The van der Waals surface area contributed by atoms with E-state index in [-0.39, 0.29) is 0 Å². The number of aryl methyl sites for hydroxylation is 2. The molecule has 1 fully saturated rings. The monoisotopic (exact) mass is 370 g/mol. The Labute approximate surface area is 168 Å². The molecule has 1 unspecified atom stereocenters. The summed E-state index contributed by atoms with van der Waals surface area (Å²) in [5, 5.41) is 0. The molecule has 27 heavy (non-hydrogen) atoms. The zero-order valence-corrected chi connectivity index (χ0v) is 18.8. The summed E-state index contributed by atoms with van der Waals surface area (Å²) in [4.78, 5) is 0. The highest BCUT2D eigenvalue weighted by molar-refractivity contribution is 5.73. The zero-order chi connectivity index (χ0) is 20.2. The van der Waals surface area contributed by atoms with Gasteiger partial charge in [-0.15, -0.1) is 0 Å². The number of ether oxygens (including phenoxy) is 1. The number of benzene rings is 1. The summed E-state index contributed by atoms with van der Waals surface area (Å²) in [6.07, 6.45) is 12.5. The van der Waals surface area contributed by atoms with Crippen LogP contribution in [0.25, 0.3) is 5.57 Å². The number of hydrogen-bond acceptors (Lipinski definition) is 1. The van der Waals surface area contributed by atoms with Gasteiger partial charge in [-0.2, -0.15) is 0 Å². The van der Waals surface area contributed by atoms with Gasteiger partial charge in [-0.25, -0.2) is 0 Å². The van der Waals surface area contributed by atoms with Crippen LogP contribution in [-0.4, -0.2) is 7.11 Å². The SMILES string of the molecule is C1CCCCC1.C=C(C)/C(OC)=C(/c1cc(C)cc(C)c1)C(CC)CCC. The Morgan fingerprint density at radius 3 is 1.78 bits per heavy atom. The van der Waals surface area contributed by atoms with E-state index < -0.39 is 0 Å². The highest BCUT2D eigenvalue weighted by atomic mass is 16.5.